The minimum absolute atomic E-state index is 0.211. The number of para-hydroxylation sites is 3. The van der Waals surface area contributed by atoms with Crippen LogP contribution in [0.3, 0.4) is 0 Å². The van der Waals surface area contributed by atoms with Gasteiger partial charge in [-0.15, -0.1) is 11.3 Å². The van der Waals surface area contributed by atoms with Crippen LogP contribution in [0.15, 0.2) is 462 Å². The smallest absolute Gasteiger partial charge is 0.143 e. The predicted molar refractivity (Wildman–Crippen MR) is 568 cm³/mol. The Balaban J connectivity index is 0.515. The molecule has 2 spiro atoms. The third-order valence-electron chi connectivity index (χ3n) is 31.1. The molecule has 5 aliphatic rings. The van der Waals surface area contributed by atoms with E-state index in [0.29, 0.717) is 0 Å². The second kappa shape index (κ2) is 28.5. The van der Waals surface area contributed by atoms with E-state index in [4.69, 9.17) is 13.3 Å². The number of benzene rings is 21. The van der Waals surface area contributed by atoms with Gasteiger partial charge in [0.05, 0.1) is 16.5 Å². The molecule has 0 fully saturated rings. The quantitative estimate of drug-likeness (QED) is 0.129. The van der Waals surface area contributed by atoms with E-state index >= 15 is 0 Å². The van der Waals surface area contributed by atoms with Crippen LogP contribution in [0.1, 0.15) is 69.5 Å². The van der Waals surface area contributed by atoms with Gasteiger partial charge in [-0.3, -0.25) is 0 Å². The normalized spacial score (nSPS) is 14.5. The van der Waals surface area contributed by atoms with E-state index in [9.17, 15) is 0 Å². The van der Waals surface area contributed by atoms with Crippen molar-refractivity contribution in [2.24, 2.45) is 0 Å². The molecule has 1 atom stereocenters. The first-order valence-electron chi connectivity index (χ1n) is 47.5. The van der Waals surface area contributed by atoms with Gasteiger partial charge in [-0.25, -0.2) is 0 Å². The van der Waals surface area contributed by atoms with E-state index in [1.54, 1.807) is 0 Å². The first-order chi connectivity index (χ1) is 67.6. The molecule has 638 valence electrons. The summed E-state index contributed by atoms with van der Waals surface area (Å²) in [4.78, 5) is 4.99. The van der Waals surface area contributed by atoms with Crippen molar-refractivity contribution in [3.05, 3.63) is 505 Å². The molecule has 5 nitrogen and oxygen atoms in total. The highest BCUT2D eigenvalue weighted by Gasteiger charge is 2.55. The van der Waals surface area contributed by atoms with E-state index in [2.05, 4.69) is 473 Å². The molecule has 5 aliphatic carbocycles. The third kappa shape index (κ3) is 10.6. The number of furan rings is 3. The van der Waals surface area contributed by atoms with Crippen molar-refractivity contribution in [3.8, 4) is 111 Å². The molecule has 21 aromatic carbocycles. The molecule has 25 aromatic rings. The fourth-order valence-corrected chi connectivity index (χ4v) is 26.4. The van der Waals surface area contributed by atoms with Gasteiger partial charge < -0.3 is 23.1 Å². The van der Waals surface area contributed by atoms with Gasteiger partial charge in [-0.1, -0.05) is 341 Å². The van der Waals surface area contributed by atoms with E-state index in [1.165, 1.54) is 148 Å². The van der Waals surface area contributed by atoms with Crippen molar-refractivity contribution in [1.29, 1.82) is 0 Å². The summed E-state index contributed by atoms with van der Waals surface area (Å²) in [6.45, 7) is 4.77. The third-order valence-corrected chi connectivity index (χ3v) is 32.3. The number of nitrogens with zero attached hydrogens (tertiary/aromatic N) is 2. The molecule has 137 heavy (non-hydrogen) atoms. The van der Waals surface area contributed by atoms with E-state index in [1.807, 2.05) is 11.3 Å². The lowest BCUT2D eigenvalue weighted by Crippen LogP contribution is -2.28. The summed E-state index contributed by atoms with van der Waals surface area (Å²) in [7, 11) is 0. The first-order valence-corrected chi connectivity index (χ1v) is 48.3. The van der Waals surface area contributed by atoms with Crippen LogP contribution in [0, 0.1) is 0 Å². The first kappa shape index (κ1) is 76.4. The van der Waals surface area contributed by atoms with Crippen LogP contribution >= 0.6 is 11.3 Å². The van der Waals surface area contributed by atoms with Crippen LogP contribution in [0.5, 0.6) is 0 Å². The number of anilines is 6. The van der Waals surface area contributed by atoms with Gasteiger partial charge in [-0.2, -0.15) is 0 Å². The number of fused-ring (bicyclic) bond motifs is 35. The number of hydrogen-bond donors (Lipinski definition) is 0. The lowest BCUT2D eigenvalue weighted by molar-refractivity contribution is 0.660. The molecule has 1 unspecified atom stereocenters. The molecule has 0 saturated heterocycles. The van der Waals surface area contributed by atoms with Crippen molar-refractivity contribution >= 4 is 131 Å². The van der Waals surface area contributed by atoms with Crippen molar-refractivity contribution < 1.29 is 13.3 Å². The van der Waals surface area contributed by atoms with Gasteiger partial charge in [0.1, 0.15) is 33.5 Å². The lowest BCUT2D eigenvalue weighted by Gasteiger charge is -2.36. The van der Waals surface area contributed by atoms with Gasteiger partial charge in [0.2, 0.25) is 0 Å². The summed E-state index contributed by atoms with van der Waals surface area (Å²) in [5.74, 6) is 0. The van der Waals surface area contributed by atoms with E-state index in [-0.39, 0.29) is 5.41 Å². The fourth-order valence-electron chi connectivity index (χ4n) is 25.1. The van der Waals surface area contributed by atoms with Gasteiger partial charge in [0.25, 0.3) is 0 Å². The zero-order valence-corrected chi connectivity index (χ0v) is 75.6. The average molecular weight is 1760 g/mol. The largest absolute Gasteiger partial charge is 0.456 e. The molecular weight excluding hydrogens is 1680 g/mol. The molecule has 0 amide bonds. The topological polar surface area (TPSA) is 45.9 Å². The van der Waals surface area contributed by atoms with Crippen LogP contribution in [-0.4, -0.2) is 0 Å². The zero-order valence-electron chi connectivity index (χ0n) is 74.8. The van der Waals surface area contributed by atoms with Crippen molar-refractivity contribution in [3.63, 3.8) is 0 Å². The maximum absolute atomic E-state index is 7.49. The molecule has 30 rings (SSSR count). The average Bonchev–Trinajstić information content (AvgIpc) is 1.49. The molecule has 0 aliphatic heterocycles. The SMILES string of the molecule is CC1(C)c2ccccc2-c2ccc(N(c3ccc(-c4cccc5c4sc4ccccc45)cc3)c3ccc4c(c3)C3(c5ccccc5-c5ccccc53)c3cc5oc6c(-c7cccc(-c8ccc9c(c8)oc8c(-c%10ccc(N(c%11ccc(-c%12ccccc%12)cc%11)c%11cccc%12c%11C%11(c%13ccccc%13-c%13cc%14c(cc%13%11)oc%11ccccc%11%14)c%11ccccc%11-%12)cc%10)cccc89)c7)cccc6c5cc3-4)cc21. The lowest BCUT2D eigenvalue weighted by atomic mass is 9.70. The maximum atomic E-state index is 7.49. The molecule has 0 radical (unpaired) electrons. The van der Waals surface area contributed by atoms with Crippen LogP contribution in [0.4, 0.5) is 34.1 Å². The van der Waals surface area contributed by atoms with Crippen LogP contribution in [0.25, 0.3) is 197 Å². The maximum Gasteiger partial charge on any atom is 0.143 e. The molecule has 0 bridgehead atoms. The molecule has 4 heterocycles. The van der Waals surface area contributed by atoms with Crippen LogP contribution in [0.2, 0.25) is 0 Å². The van der Waals surface area contributed by atoms with Gasteiger partial charge in [0, 0.05) is 103 Å². The Bertz CT molecular complexity index is 9490. The molecule has 0 saturated carbocycles. The second-order valence-electron chi connectivity index (χ2n) is 38.2. The van der Waals surface area contributed by atoms with E-state index in [0.717, 1.165) is 139 Å². The summed E-state index contributed by atoms with van der Waals surface area (Å²) in [5.41, 5.74) is 46.2. The fraction of sp³-hybridized carbons (Fsp3) is 0.0382. The molecule has 0 N–H and O–H groups in total. The van der Waals surface area contributed by atoms with Crippen molar-refractivity contribution in [2.75, 3.05) is 9.80 Å². The van der Waals surface area contributed by atoms with E-state index < -0.39 is 10.8 Å². The van der Waals surface area contributed by atoms with Crippen molar-refractivity contribution in [1.82, 2.24) is 0 Å². The Kier molecular flexibility index (Phi) is 15.9. The summed E-state index contributed by atoms with van der Waals surface area (Å²) in [6, 6.07) is 168. The van der Waals surface area contributed by atoms with Gasteiger partial charge >= 0.3 is 0 Å². The van der Waals surface area contributed by atoms with Gasteiger partial charge in [-0.05, 0) is 272 Å². The Labute approximate surface area is 794 Å². The highest BCUT2D eigenvalue weighted by molar-refractivity contribution is 7.26. The molecule has 4 aromatic heterocycles. The highest BCUT2D eigenvalue weighted by atomic mass is 32.1. The van der Waals surface area contributed by atoms with Gasteiger partial charge in [0.15, 0.2) is 0 Å². The Morgan fingerprint density at radius 1 is 0.197 bits per heavy atom. The Morgan fingerprint density at radius 2 is 0.591 bits per heavy atom. The number of rotatable bonds is 11. The monoisotopic (exact) mass is 1760 g/mol. The van der Waals surface area contributed by atoms with Crippen LogP contribution in [-0.2, 0) is 16.2 Å². The zero-order chi connectivity index (χ0) is 89.8. The summed E-state index contributed by atoms with van der Waals surface area (Å²) < 4.78 is 24.2. The van der Waals surface area contributed by atoms with Crippen LogP contribution < -0.4 is 9.80 Å². The summed E-state index contributed by atoms with van der Waals surface area (Å²) >= 11 is 1.88. The van der Waals surface area contributed by atoms with Crippen molar-refractivity contribution in [2.45, 2.75) is 30.1 Å². The standard InChI is InChI=1S/C131H80N2O3S/c1-129(2)110-43-13-6-29-92(110)97-67-64-87(71-115(97)129)132(84-60-55-80(56-61-84)91-38-23-42-105-101-35-12-19-50-124(101)137-128(91)105)88-65-68-98-107-74-109-104-41-22-37-90(127(104)136-123(109)75-117(107)130(116(98)72-88)111-44-14-7-30-93(111)94-31-8-15-45-112(94)130)83-28-20-27-81(69-83)82-57-66-100-103-40-21-36-89(126(103)135-121(100)70-82)79-53-62-86(63-54-79)133(85-58-51-78(52-59-85)77-25-4-3-5-26-77)119-48-24-39-102-95-32-9-16-46-113(95)131(125(102)119)114-47-17-10-33-96(114)106-73-108-99-34-11-18-49-120(99)134-122(108)76-118(106)131/h3-76H,1-2H3. The minimum Gasteiger partial charge on any atom is -0.456 e. The second-order valence-corrected chi connectivity index (χ2v) is 39.3. The number of hydrogen-bond acceptors (Lipinski definition) is 6. The summed E-state index contributed by atoms with van der Waals surface area (Å²) in [6.07, 6.45) is 0. The highest BCUT2D eigenvalue weighted by Crippen LogP contribution is 2.69. The Morgan fingerprint density at radius 3 is 1.26 bits per heavy atom. The Hall–Kier alpha value is -17.2. The predicted octanol–water partition coefficient (Wildman–Crippen LogP) is 36.0. The number of thiophene rings is 1. The molecular formula is C131H80N2O3S. The minimum atomic E-state index is -0.694. The summed E-state index contributed by atoms with van der Waals surface area (Å²) in [5, 5.41) is 9.13. The molecule has 6 heteroatoms.